The van der Waals surface area contributed by atoms with Crippen LogP contribution in [0, 0.1) is 5.82 Å². The van der Waals surface area contributed by atoms with E-state index in [1.807, 2.05) is 19.0 Å². The molecule has 0 fully saturated rings. The summed E-state index contributed by atoms with van der Waals surface area (Å²) in [5.74, 6) is -0.623. The molecule has 0 bridgehead atoms. The molecule has 0 heterocycles. The minimum atomic E-state index is -3.68. The average Bonchev–Trinajstić information content (AvgIpc) is 2.37. The fourth-order valence-corrected chi connectivity index (χ4v) is 2.69. The van der Waals surface area contributed by atoms with Crippen molar-refractivity contribution in [3.63, 3.8) is 0 Å². The maximum atomic E-state index is 13.6. The summed E-state index contributed by atoms with van der Waals surface area (Å²) in [7, 11) is 0.150. The van der Waals surface area contributed by atoms with Crippen LogP contribution in [-0.2, 0) is 10.0 Å². The van der Waals surface area contributed by atoms with Crippen molar-refractivity contribution in [1.29, 1.82) is 0 Å². The topological polar surface area (TPSA) is 58.6 Å². The van der Waals surface area contributed by atoms with E-state index < -0.39 is 15.8 Å². The molecule has 0 aliphatic rings. The lowest BCUT2D eigenvalue weighted by atomic mass is 10.3. The smallest absolute Gasteiger partial charge is 0.240 e. The lowest BCUT2D eigenvalue weighted by molar-refractivity contribution is 0.321. The fraction of sp³-hybridized carbons (Fsp3) is 0.538. The second-order valence-electron chi connectivity index (χ2n) is 4.58. The van der Waals surface area contributed by atoms with E-state index in [1.165, 1.54) is 12.1 Å². The van der Waals surface area contributed by atoms with Crippen LogP contribution in [0.1, 0.15) is 13.3 Å². The molecule has 20 heavy (non-hydrogen) atoms. The van der Waals surface area contributed by atoms with Gasteiger partial charge in [0.1, 0.15) is 0 Å². The fourth-order valence-electron chi connectivity index (χ4n) is 1.61. The number of halogens is 1. The Morgan fingerprint density at radius 1 is 1.35 bits per heavy atom. The summed E-state index contributed by atoms with van der Waals surface area (Å²) in [5.41, 5.74) is 0. The Hall–Kier alpha value is -1.18. The van der Waals surface area contributed by atoms with Gasteiger partial charge in [0.25, 0.3) is 0 Å². The van der Waals surface area contributed by atoms with Gasteiger partial charge in [0.15, 0.2) is 11.6 Å². The first-order valence-electron chi connectivity index (χ1n) is 6.43. The van der Waals surface area contributed by atoms with Gasteiger partial charge in [-0.25, -0.2) is 17.5 Å². The Bertz CT molecular complexity index is 532. The minimum Gasteiger partial charge on any atom is -0.491 e. The number of hydrogen-bond donors (Lipinski definition) is 1. The number of rotatable bonds is 8. The third kappa shape index (κ3) is 5.07. The number of sulfonamides is 1. The summed E-state index contributed by atoms with van der Waals surface area (Å²) in [4.78, 5) is 1.87. The summed E-state index contributed by atoms with van der Waals surface area (Å²) in [6, 6.07) is 3.63. The van der Waals surface area contributed by atoms with Crippen molar-refractivity contribution < 1.29 is 17.5 Å². The van der Waals surface area contributed by atoms with Crippen LogP contribution < -0.4 is 9.46 Å². The van der Waals surface area contributed by atoms with E-state index in [0.717, 1.165) is 12.6 Å². The van der Waals surface area contributed by atoms with E-state index in [-0.39, 0.29) is 10.6 Å². The molecule has 0 aliphatic heterocycles. The maximum Gasteiger partial charge on any atom is 0.240 e. The molecule has 0 aromatic heterocycles. The lowest BCUT2D eigenvalue weighted by Crippen LogP contribution is -2.27. The molecule has 1 rings (SSSR count). The van der Waals surface area contributed by atoms with Gasteiger partial charge in [-0.2, -0.15) is 0 Å². The molecule has 0 radical (unpaired) electrons. The predicted molar refractivity (Wildman–Crippen MR) is 75.9 cm³/mol. The van der Waals surface area contributed by atoms with Crippen LogP contribution in [0.15, 0.2) is 23.1 Å². The molecule has 1 aromatic rings. The maximum absolute atomic E-state index is 13.6. The third-order valence-electron chi connectivity index (χ3n) is 2.59. The van der Waals surface area contributed by atoms with Gasteiger partial charge in [0, 0.05) is 6.54 Å². The number of nitrogens with one attached hydrogen (secondary N) is 1. The highest BCUT2D eigenvalue weighted by atomic mass is 32.2. The Morgan fingerprint density at radius 2 is 2.05 bits per heavy atom. The Morgan fingerprint density at radius 3 is 2.60 bits per heavy atom. The molecule has 0 saturated carbocycles. The van der Waals surface area contributed by atoms with E-state index in [1.54, 1.807) is 6.92 Å². The van der Waals surface area contributed by atoms with Gasteiger partial charge in [-0.15, -0.1) is 0 Å². The van der Waals surface area contributed by atoms with E-state index in [2.05, 4.69) is 4.72 Å². The minimum absolute atomic E-state index is 0.0547. The zero-order chi connectivity index (χ0) is 15.2. The Balaban J connectivity index is 2.70. The summed E-state index contributed by atoms with van der Waals surface area (Å²) in [5, 5.41) is 0. The quantitative estimate of drug-likeness (QED) is 0.739. The number of ether oxygens (including phenoxy) is 1. The van der Waals surface area contributed by atoms with Crippen LogP contribution in [0.3, 0.4) is 0 Å². The molecule has 0 aliphatic carbocycles. The van der Waals surface area contributed by atoms with Crippen LogP contribution in [0.4, 0.5) is 4.39 Å². The molecule has 0 unspecified atom stereocenters. The molecule has 7 heteroatoms. The predicted octanol–water partition coefficient (Wildman–Crippen LogP) is 1.45. The van der Waals surface area contributed by atoms with Gasteiger partial charge in [-0.3, -0.25) is 0 Å². The largest absolute Gasteiger partial charge is 0.491 e. The van der Waals surface area contributed by atoms with Crippen LogP contribution in [0.25, 0.3) is 0 Å². The average molecular weight is 304 g/mol. The van der Waals surface area contributed by atoms with Gasteiger partial charge in [0.05, 0.1) is 11.5 Å². The highest BCUT2D eigenvalue weighted by Gasteiger charge is 2.16. The Kier molecular flexibility index (Phi) is 6.38. The van der Waals surface area contributed by atoms with E-state index >= 15 is 0 Å². The molecule has 1 N–H and O–H groups in total. The van der Waals surface area contributed by atoms with Gasteiger partial charge < -0.3 is 9.64 Å². The summed E-state index contributed by atoms with van der Waals surface area (Å²) >= 11 is 0. The molecule has 0 spiro atoms. The van der Waals surface area contributed by atoms with Gasteiger partial charge in [-0.05, 0) is 52.2 Å². The summed E-state index contributed by atoms with van der Waals surface area (Å²) in [6.07, 6.45) is 0.686. The molecule has 0 saturated heterocycles. The first-order chi connectivity index (χ1) is 9.36. The Labute approximate surface area is 119 Å². The van der Waals surface area contributed by atoms with Crippen molar-refractivity contribution in [2.75, 3.05) is 33.8 Å². The van der Waals surface area contributed by atoms with Gasteiger partial charge in [0.2, 0.25) is 10.0 Å². The zero-order valence-corrected chi connectivity index (χ0v) is 12.8. The van der Waals surface area contributed by atoms with Gasteiger partial charge >= 0.3 is 0 Å². The highest BCUT2D eigenvalue weighted by Crippen LogP contribution is 2.20. The van der Waals surface area contributed by atoms with Gasteiger partial charge in [-0.1, -0.05) is 0 Å². The van der Waals surface area contributed by atoms with Crippen molar-refractivity contribution >= 4 is 10.0 Å². The van der Waals surface area contributed by atoms with Crippen LogP contribution >= 0.6 is 0 Å². The lowest BCUT2D eigenvalue weighted by Gasteiger charge is -2.11. The van der Waals surface area contributed by atoms with E-state index in [4.69, 9.17) is 4.74 Å². The highest BCUT2D eigenvalue weighted by molar-refractivity contribution is 7.89. The van der Waals surface area contributed by atoms with Crippen molar-refractivity contribution in [2.24, 2.45) is 0 Å². The van der Waals surface area contributed by atoms with Crippen molar-refractivity contribution in [2.45, 2.75) is 18.2 Å². The zero-order valence-electron chi connectivity index (χ0n) is 12.0. The number of nitrogens with zero attached hydrogens (tertiary/aromatic N) is 1. The molecule has 0 amide bonds. The molecule has 0 atom stereocenters. The molecule has 5 nitrogen and oxygen atoms in total. The normalized spacial score (nSPS) is 11.8. The van der Waals surface area contributed by atoms with Crippen LogP contribution in [0.2, 0.25) is 0 Å². The molecular weight excluding hydrogens is 283 g/mol. The van der Waals surface area contributed by atoms with Crippen LogP contribution in [0.5, 0.6) is 5.75 Å². The van der Waals surface area contributed by atoms with Crippen molar-refractivity contribution in [3.05, 3.63) is 24.0 Å². The number of hydrogen-bond acceptors (Lipinski definition) is 4. The van der Waals surface area contributed by atoms with E-state index in [9.17, 15) is 12.8 Å². The third-order valence-corrected chi connectivity index (χ3v) is 4.05. The molecule has 1 aromatic carbocycles. The standard InChI is InChI=1S/C13H21FN2O3S/c1-4-19-13-7-6-11(10-12(13)14)20(17,18)15-8-5-9-16(2)3/h6-7,10,15H,4-5,8-9H2,1-3H3. The number of benzene rings is 1. The first-order valence-corrected chi connectivity index (χ1v) is 7.92. The first kappa shape index (κ1) is 16.9. The van der Waals surface area contributed by atoms with Crippen molar-refractivity contribution in [1.82, 2.24) is 9.62 Å². The monoisotopic (exact) mass is 304 g/mol. The SMILES string of the molecule is CCOc1ccc(S(=O)(=O)NCCCN(C)C)cc1F. The molecular formula is C13H21FN2O3S. The van der Waals surface area contributed by atoms with E-state index in [0.29, 0.717) is 19.6 Å². The summed E-state index contributed by atoms with van der Waals surface area (Å²) in [6.45, 7) is 3.15. The summed E-state index contributed by atoms with van der Waals surface area (Å²) < 4.78 is 45.1. The molecule has 114 valence electrons. The van der Waals surface area contributed by atoms with Crippen molar-refractivity contribution in [3.8, 4) is 5.75 Å². The van der Waals surface area contributed by atoms with Crippen LogP contribution in [-0.4, -0.2) is 47.1 Å². The second kappa shape index (κ2) is 7.56. The second-order valence-corrected chi connectivity index (χ2v) is 6.35.